The van der Waals surface area contributed by atoms with Crippen LogP contribution in [0.4, 0.5) is 0 Å². The van der Waals surface area contributed by atoms with Crippen LogP contribution >= 0.6 is 0 Å². The van der Waals surface area contributed by atoms with Gasteiger partial charge in [0.1, 0.15) is 0 Å². The fraction of sp³-hybridized carbons (Fsp3) is 0.625. The largest absolute Gasteiger partial charge is 0.311 e. The number of likely N-dealkylation sites (tertiary alicyclic amines) is 1. The van der Waals surface area contributed by atoms with Gasteiger partial charge in [-0.2, -0.15) is 0 Å². The van der Waals surface area contributed by atoms with Gasteiger partial charge in [0, 0.05) is 25.7 Å². The highest BCUT2D eigenvalue weighted by Gasteiger charge is 2.25. The molecule has 1 aromatic carbocycles. The summed E-state index contributed by atoms with van der Waals surface area (Å²) in [5.74, 6) is 0.793. The maximum absolute atomic E-state index is 3.55. The molecule has 1 aliphatic rings. The van der Waals surface area contributed by atoms with Crippen LogP contribution in [0, 0.1) is 5.92 Å². The van der Waals surface area contributed by atoms with Crippen molar-refractivity contribution in [3.63, 3.8) is 0 Å². The average molecular weight is 246 g/mol. The topological polar surface area (TPSA) is 15.3 Å². The molecule has 0 saturated carbocycles. The monoisotopic (exact) mass is 246 g/mol. The molecule has 0 spiro atoms. The third kappa shape index (κ3) is 3.82. The fourth-order valence-corrected chi connectivity index (χ4v) is 2.94. The lowest BCUT2D eigenvalue weighted by atomic mass is 10.0. The second-order valence-electron chi connectivity index (χ2n) is 5.65. The molecule has 0 aliphatic carbocycles. The standard InChI is InChI=1S/C16H26N2/c1-14(2)16-9-6-11-18(16)12-10-17-13-15-7-4-3-5-8-15/h3-5,7-8,14,16-17H,6,9-13H2,1-2H3. The summed E-state index contributed by atoms with van der Waals surface area (Å²) in [6.45, 7) is 9.26. The van der Waals surface area contributed by atoms with E-state index < -0.39 is 0 Å². The van der Waals surface area contributed by atoms with Gasteiger partial charge in [-0.3, -0.25) is 4.90 Å². The first kappa shape index (κ1) is 13.6. The van der Waals surface area contributed by atoms with Gasteiger partial charge in [-0.05, 0) is 30.9 Å². The predicted molar refractivity (Wildman–Crippen MR) is 77.6 cm³/mol. The Hall–Kier alpha value is -0.860. The number of rotatable bonds is 6. The summed E-state index contributed by atoms with van der Waals surface area (Å²) in [4.78, 5) is 2.66. The molecular formula is C16H26N2. The molecule has 1 unspecified atom stereocenters. The first-order chi connectivity index (χ1) is 8.77. The van der Waals surface area contributed by atoms with E-state index in [4.69, 9.17) is 0 Å². The molecule has 0 aromatic heterocycles. The van der Waals surface area contributed by atoms with E-state index in [1.807, 2.05) is 0 Å². The quantitative estimate of drug-likeness (QED) is 0.776. The number of nitrogens with one attached hydrogen (secondary N) is 1. The third-order valence-corrected chi connectivity index (χ3v) is 3.93. The Morgan fingerprint density at radius 1 is 1.28 bits per heavy atom. The van der Waals surface area contributed by atoms with Crippen LogP contribution < -0.4 is 5.32 Å². The van der Waals surface area contributed by atoms with E-state index >= 15 is 0 Å². The summed E-state index contributed by atoms with van der Waals surface area (Å²) in [5, 5.41) is 3.55. The van der Waals surface area contributed by atoms with Gasteiger partial charge in [-0.1, -0.05) is 44.2 Å². The summed E-state index contributed by atoms with van der Waals surface area (Å²) >= 11 is 0. The molecule has 1 aliphatic heterocycles. The number of benzene rings is 1. The van der Waals surface area contributed by atoms with Crippen molar-refractivity contribution in [2.24, 2.45) is 5.92 Å². The van der Waals surface area contributed by atoms with Crippen molar-refractivity contribution in [2.45, 2.75) is 39.3 Å². The lowest BCUT2D eigenvalue weighted by Gasteiger charge is -2.27. The van der Waals surface area contributed by atoms with Crippen LogP contribution in [0.1, 0.15) is 32.3 Å². The summed E-state index contributed by atoms with van der Waals surface area (Å²) in [7, 11) is 0. The van der Waals surface area contributed by atoms with Gasteiger partial charge >= 0.3 is 0 Å². The fourth-order valence-electron chi connectivity index (χ4n) is 2.94. The van der Waals surface area contributed by atoms with Crippen molar-refractivity contribution in [1.29, 1.82) is 0 Å². The number of hydrogen-bond acceptors (Lipinski definition) is 2. The molecule has 2 heteroatoms. The maximum Gasteiger partial charge on any atom is 0.0206 e. The van der Waals surface area contributed by atoms with Gasteiger partial charge in [0.2, 0.25) is 0 Å². The minimum atomic E-state index is 0.793. The molecule has 18 heavy (non-hydrogen) atoms. The van der Waals surface area contributed by atoms with Gasteiger partial charge in [0.05, 0.1) is 0 Å². The van der Waals surface area contributed by atoms with Crippen molar-refractivity contribution >= 4 is 0 Å². The minimum Gasteiger partial charge on any atom is -0.311 e. The van der Waals surface area contributed by atoms with E-state index in [0.29, 0.717) is 0 Å². The zero-order valence-corrected chi connectivity index (χ0v) is 11.7. The Balaban J connectivity index is 1.66. The van der Waals surface area contributed by atoms with Crippen molar-refractivity contribution in [3.8, 4) is 0 Å². The van der Waals surface area contributed by atoms with Crippen molar-refractivity contribution in [2.75, 3.05) is 19.6 Å². The first-order valence-corrected chi connectivity index (χ1v) is 7.26. The zero-order chi connectivity index (χ0) is 12.8. The second-order valence-corrected chi connectivity index (χ2v) is 5.65. The molecule has 1 N–H and O–H groups in total. The van der Waals surface area contributed by atoms with E-state index in [-0.39, 0.29) is 0 Å². The summed E-state index contributed by atoms with van der Waals surface area (Å²) in [6.07, 6.45) is 2.76. The van der Waals surface area contributed by atoms with Crippen LogP contribution in [0.15, 0.2) is 30.3 Å². The Kier molecular flexibility index (Phi) is 5.21. The van der Waals surface area contributed by atoms with E-state index in [0.717, 1.165) is 25.0 Å². The predicted octanol–water partition coefficient (Wildman–Crippen LogP) is 2.90. The van der Waals surface area contributed by atoms with Crippen molar-refractivity contribution in [3.05, 3.63) is 35.9 Å². The molecule has 1 atom stereocenters. The Morgan fingerprint density at radius 3 is 2.78 bits per heavy atom. The Morgan fingerprint density at radius 2 is 2.06 bits per heavy atom. The second kappa shape index (κ2) is 6.91. The van der Waals surface area contributed by atoms with Gasteiger partial charge in [-0.25, -0.2) is 0 Å². The summed E-state index contributed by atoms with van der Waals surface area (Å²) in [6, 6.07) is 11.4. The van der Waals surface area contributed by atoms with Gasteiger partial charge in [-0.15, -0.1) is 0 Å². The molecular weight excluding hydrogens is 220 g/mol. The highest BCUT2D eigenvalue weighted by Crippen LogP contribution is 2.22. The van der Waals surface area contributed by atoms with E-state index in [1.54, 1.807) is 0 Å². The van der Waals surface area contributed by atoms with Crippen LogP contribution in [-0.2, 0) is 6.54 Å². The Labute approximate surface area is 111 Å². The van der Waals surface area contributed by atoms with Crippen molar-refractivity contribution in [1.82, 2.24) is 10.2 Å². The molecule has 2 nitrogen and oxygen atoms in total. The zero-order valence-electron chi connectivity index (χ0n) is 11.7. The molecule has 0 amide bonds. The normalized spacial score (nSPS) is 20.7. The number of hydrogen-bond donors (Lipinski definition) is 1. The van der Waals surface area contributed by atoms with Gasteiger partial charge in [0.25, 0.3) is 0 Å². The van der Waals surface area contributed by atoms with Crippen LogP contribution in [-0.4, -0.2) is 30.6 Å². The molecule has 1 saturated heterocycles. The smallest absolute Gasteiger partial charge is 0.0206 e. The van der Waals surface area contributed by atoms with Gasteiger partial charge in [0.15, 0.2) is 0 Å². The van der Waals surface area contributed by atoms with E-state index in [1.165, 1.54) is 31.5 Å². The van der Waals surface area contributed by atoms with Crippen LogP contribution in [0.2, 0.25) is 0 Å². The molecule has 1 heterocycles. The molecule has 0 bridgehead atoms. The average Bonchev–Trinajstić information content (AvgIpc) is 2.84. The Bertz CT molecular complexity index is 334. The molecule has 1 fully saturated rings. The minimum absolute atomic E-state index is 0.793. The summed E-state index contributed by atoms with van der Waals surface area (Å²) < 4.78 is 0. The lowest BCUT2D eigenvalue weighted by molar-refractivity contribution is 0.207. The maximum atomic E-state index is 3.55. The van der Waals surface area contributed by atoms with E-state index in [2.05, 4.69) is 54.4 Å². The molecule has 1 aromatic rings. The first-order valence-electron chi connectivity index (χ1n) is 7.26. The third-order valence-electron chi connectivity index (χ3n) is 3.93. The lowest BCUT2D eigenvalue weighted by Crippen LogP contribution is -2.38. The van der Waals surface area contributed by atoms with Crippen molar-refractivity contribution < 1.29 is 0 Å². The van der Waals surface area contributed by atoms with E-state index in [9.17, 15) is 0 Å². The highest BCUT2D eigenvalue weighted by atomic mass is 15.2. The highest BCUT2D eigenvalue weighted by molar-refractivity contribution is 5.14. The van der Waals surface area contributed by atoms with Gasteiger partial charge < -0.3 is 5.32 Å². The SMILES string of the molecule is CC(C)C1CCCN1CCNCc1ccccc1. The number of nitrogens with zero attached hydrogens (tertiary/aromatic N) is 1. The van der Waals surface area contributed by atoms with Crippen LogP contribution in [0.25, 0.3) is 0 Å². The molecule has 2 rings (SSSR count). The van der Waals surface area contributed by atoms with Crippen LogP contribution in [0.3, 0.4) is 0 Å². The molecule has 100 valence electrons. The molecule has 0 radical (unpaired) electrons. The summed E-state index contributed by atoms with van der Waals surface area (Å²) in [5.41, 5.74) is 1.37. The van der Waals surface area contributed by atoms with Crippen LogP contribution in [0.5, 0.6) is 0 Å².